The lowest BCUT2D eigenvalue weighted by molar-refractivity contribution is -0.387. The van der Waals surface area contributed by atoms with Crippen LogP contribution in [0.25, 0.3) is 0 Å². The standard InChI is InChI=1S/C13H17F6NO/c14-12(15,16)11(21,13(17,18)19)20-10-4-7-1-8(5-10)3-9(2-7)6-10/h7-9,20-21H,1-6H2. The van der Waals surface area contributed by atoms with Crippen molar-refractivity contribution in [3.05, 3.63) is 0 Å². The summed E-state index contributed by atoms with van der Waals surface area (Å²) in [4.78, 5) is 0. The summed E-state index contributed by atoms with van der Waals surface area (Å²) in [5, 5.41) is 11.0. The number of halogens is 6. The second kappa shape index (κ2) is 4.28. The van der Waals surface area contributed by atoms with E-state index in [2.05, 4.69) is 0 Å². The van der Waals surface area contributed by atoms with E-state index in [1.165, 1.54) is 0 Å². The molecule has 4 saturated carbocycles. The molecule has 0 aromatic heterocycles. The average molecular weight is 317 g/mol. The van der Waals surface area contributed by atoms with Crippen LogP contribution < -0.4 is 5.32 Å². The van der Waals surface area contributed by atoms with E-state index >= 15 is 0 Å². The lowest BCUT2D eigenvalue weighted by Crippen LogP contribution is -2.74. The third-order valence-electron chi connectivity index (χ3n) is 5.30. The van der Waals surface area contributed by atoms with E-state index in [-0.39, 0.29) is 37.0 Å². The molecule has 2 N–H and O–H groups in total. The molecule has 0 heterocycles. The van der Waals surface area contributed by atoms with Crippen molar-refractivity contribution in [2.45, 2.75) is 62.1 Å². The number of hydrogen-bond donors (Lipinski definition) is 2. The van der Waals surface area contributed by atoms with Crippen molar-refractivity contribution in [2.75, 3.05) is 0 Å². The Morgan fingerprint density at radius 3 is 1.38 bits per heavy atom. The molecule has 0 amide bonds. The predicted octanol–water partition coefficient (Wildman–Crippen LogP) is 3.36. The Kier molecular flexibility index (Phi) is 3.14. The molecule has 8 heteroatoms. The molecule has 0 unspecified atom stereocenters. The van der Waals surface area contributed by atoms with Gasteiger partial charge < -0.3 is 5.11 Å². The quantitative estimate of drug-likeness (QED) is 0.605. The van der Waals surface area contributed by atoms with E-state index in [1.54, 1.807) is 5.32 Å². The Balaban J connectivity index is 1.90. The van der Waals surface area contributed by atoms with Gasteiger partial charge in [-0.05, 0) is 56.3 Å². The first kappa shape index (κ1) is 15.4. The summed E-state index contributed by atoms with van der Waals surface area (Å²) in [6.45, 7) is 0. The maximum Gasteiger partial charge on any atom is 0.440 e. The Morgan fingerprint density at radius 1 is 0.762 bits per heavy atom. The highest BCUT2D eigenvalue weighted by atomic mass is 19.4. The van der Waals surface area contributed by atoms with E-state index < -0.39 is 23.6 Å². The molecule has 0 saturated heterocycles. The van der Waals surface area contributed by atoms with Gasteiger partial charge in [-0.2, -0.15) is 26.3 Å². The molecule has 0 spiro atoms. The van der Waals surface area contributed by atoms with Crippen molar-refractivity contribution in [1.82, 2.24) is 5.32 Å². The van der Waals surface area contributed by atoms with Gasteiger partial charge in [-0.1, -0.05) is 0 Å². The van der Waals surface area contributed by atoms with Gasteiger partial charge in [0.05, 0.1) is 0 Å². The normalized spacial score (nSPS) is 39.9. The molecular weight excluding hydrogens is 300 g/mol. The molecule has 4 fully saturated rings. The molecule has 0 aromatic rings. The van der Waals surface area contributed by atoms with Crippen molar-refractivity contribution < 1.29 is 31.4 Å². The van der Waals surface area contributed by atoms with Gasteiger partial charge >= 0.3 is 18.1 Å². The minimum absolute atomic E-state index is 0.175. The molecule has 4 aliphatic carbocycles. The first-order valence-electron chi connectivity index (χ1n) is 7.09. The summed E-state index contributed by atoms with van der Waals surface area (Å²) in [6.07, 6.45) is -8.08. The monoisotopic (exact) mass is 317 g/mol. The second-order valence-corrected chi connectivity index (χ2v) is 7.03. The molecule has 0 aromatic carbocycles. The molecule has 0 aliphatic heterocycles. The first-order valence-corrected chi connectivity index (χ1v) is 7.09. The smallest absolute Gasteiger partial charge is 0.361 e. The van der Waals surface area contributed by atoms with E-state index in [0.29, 0.717) is 0 Å². The fourth-order valence-electron chi connectivity index (χ4n) is 4.95. The van der Waals surface area contributed by atoms with Crippen LogP contribution in [0.4, 0.5) is 26.3 Å². The Hall–Kier alpha value is -0.500. The van der Waals surface area contributed by atoms with Crippen LogP contribution in [0.3, 0.4) is 0 Å². The predicted molar refractivity (Wildman–Crippen MR) is 61.1 cm³/mol. The van der Waals surface area contributed by atoms with Crippen LogP contribution in [0.2, 0.25) is 0 Å². The van der Waals surface area contributed by atoms with Gasteiger partial charge in [-0.25, -0.2) is 0 Å². The molecule has 21 heavy (non-hydrogen) atoms. The largest absolute Gasteiger partial charge is 0.440 e. The van der Waals surface area contributed by atoms with E-state index in [1.807, 2.05) is 0 Å². The Labute approximate surface area is 117 Å². The zero-order valence-electron chi connectivity index (χ0n) is 11.2. The van der Waals surface area contributed by atoms with Gasteiger partial charge in [0.25, 0.3) is 0 Å². The lowest BCUT2D eigenvalue weighted by atomic mass is 9.53. The Morgan fingerprint density at radius 2 is 1.10 bits per heavy atom. The van der Waals surface area contributed by atoms with Gasteiger partial charge in [-0.15, -0.1) is 0 Å². The molecule has 0 radical (unpaired) electrons. The fourth-order valence-corrected chi connectivity index (χ4v) is 4.95. The summed E-state index contributed by atoms with van der Waals surface area (Å²) in [5.74, 6) is 0.526. The van der Waals surface area contributed by atoms with Gasteiger partial charge in [0, 0.05) is 5.54 Å². The van der Waals surface area contributed by atoms with Gasteiger partial charge in [0.15, 0.2) is 0 Å². The molecule has 122 valence electrons. The van der Waals surface area contributed by atoms with Crippen molar-refractivity contribution in [3.63, 3.8) is 0 Å². The highest BCUT2D eigenvalue weighted by Gasteiger charge is 2.73. The molecule has 2 nitrogen and oxygen atoms in total. The SMILES string of the molecule is OC(NC12CC3CC(CC(C3)C1)C2)(C(F)(F)F)C(F)(F)F. The number of rotatable bonds is 2. The van der Waals surface area contributed by atoms with Gasteiger partial charge in [0.2, 0.25) is 0 Å². The fraction of sp³-hybridized carbons (Fsp3) is 1.00. The highest BCUT2D eigenvalue weighted by Crippen LogP contribution is 2.57. The lowest BCUT2D eigenvalue weighted by Gasteiger charge is -2.58. The number of aliphatic hydroxyl groups is 1. The third kappa shape index (κ3) is 2.34. The number of nitrogens with one attached hydrogen (secondary N) is 1. The summed E-state index contributed by atoms with van der Waals surface area (Å²) in [7, 11) is 0. The van der Waals surface area contributed by atoms with Crippen molar-refractivity contribution >= 4 is 0 Å². The zero-order chi connectivity index (χ0) is 15.7. The molecular formula is C13H17F6NO. The van der Waals surface area contributed by atoms with Crippen molar-refractivity contribution in [3.8, 4) is 0 Å². The van der Waals surface area contributed by atoms with E-state index in [9.17, 15) is 31.4 Å². The number of hydrogen-bond acceptors (Lipinski definition) is 2. The molecule has 4 aliphatic rings. The second-order valence-electron chi connectivity index (χ2n) is 7.03. The van der Waals surface area contributed by atoms with Crippen LogP contribution in [-0.2, 0) is 0 Å². The maximum atomic E-state index is 12.9. The summed E-state index contributed by atoms with van der Waals surface area (Å²) in [5.41, 5.74) is -6.07. The highest BCUT2D eigenvalue weighted by molar-refractivity contribution is 5.10. The zero-order valence-corrected chi connectivity index (χ0v) is 11.2. The summed E-state index contributed by atoms with van der Waals surface area (Å²) in [6, 6.07) is 0. The maximum absolute atomic E-state index is 12.9. The third-order valence-corrected chi connectivity index (χ3v) is 5.30. The van der Waals surface area contributed by atoms with E-state index in [0.717, 1.165) is 19.3 Å². The van der Waals surface area contributed by atoms with E-state index in [4.69, 9.17) is 0 Å². The van der Waals surface area contributed by atoms with Crippen LogP contribution in [0.1, 0.15) is 38.5 Å². The first-order chi connectivity index (χ1) is 9.44. The summed E-state index contributed by atoms with van der Waals surface area (Å²) >= 11 is 0. The van der Waals surface area contributed by atoms with Crippen LogP contribution in [0.15, 0.2) is 0 Å². The topological polar surface area (TPSA) is 32.3 Å². The van der Waals surface area contributed by atoms with Crippen LogP contribution in [0.5, 0.6) is 0 Å². The minimum atomic E-state index is -5.80. The van der Waals surface area contributed by atoms with Crippen LogP contribution >= 0.6 is 0 Å². The van der Waals surface area contributed by atoms with Crippen molar-refractivity contribution in [1.29, 1.82) is 0 Å². The Bertz CT molecular complexity index is 380. The molecule has 4 bridgehead atoms. The number of alkyl halides is 6. The molecule has 4 rings (SSSR count). The molecule has 0 atom stereocenters. The van der Waals surface area contributed by atoms with Gasteiger partial charge in [-0.3, -0.25) is 5.32 Å². The van der Waals surface area contributed by atoms with Gasteiger partial charge in [0.1, 0.15) is 0 Å². The summed E-state index contributed by atoms with van der Waals surface area (Å²) < 4.78 is 77.1. The average Bonchev–Trinajstić information content (AvgIpc) is 2.22. The van der Waals surface area contributed by atoms with Crippen LogP contribution in [-0.4, -0.2) is 28.7 Å². The van der Waals surface area contributed by atoms with Crippen molar-refractivity contribution in [2.24, 2.45) is 17.8 Å². The van der Waals surface area contributed by atoms with Crippen LogP contribution in [0, 0.1) is 17.8 Å². The minimum Gasteiger partial charge on any atom is -0.361 e.